The predicted octanol–water partition coefficient (Wildman–Crippen LogP) is -0.914. The van der Waals surface area contributed by atoms with Crippen molar-refractivity contribution < 1.29 is 27.3 Å². The van der Waals surface area contributed by atoms with Crippen molar-refractivity contribution in [2.24, 2.45) is 0 Å². The standard InChI is InChI=1S/2C3H9NO.Cu/c2*1-3(5)4-2;/h2*3-5H,1-2H3;. The van der Waals surface area contributed by atoms with Crippen molar-refractivity contribution in [3.8, 4) is 0 Å². The summed E-state index contributed by atoms with van der Waals surface area (Å²) in [4.78, 5) is 0. The zero-order valence-corrected chi connectivity index (χ0v) is 8.29. The summed E-state index contributed by atoms with van der Waals surface area (Å²) >= 11 is 0. The van der Waals surface area contributed by atoms with Gasteiger partial charge in [0.05, 0.1) is 0 Å². The van der Waals surface area contributed by atoms with Crippen LogP contribution in [0.15, 0.2) is 0 Å². The zero-order chi connectivity index (χ0) is 8.57. The van der Waals surface area contributed by atoms with Gasteiger partial charge in [0.25, 0.3) is 0 Å². The molecule has 0 aliphatic carbocycles. The van der Waals surface area contributed by atoms with E-state index in [1.54, 1.807) is 27.9 Å². The average Bonchev–Trinajstić information content (AvgIpc) is 1.89. The Morgan fingerprint density at radius 3 is 1.00 bits per heavy atom. The minimum Gasteiger partial charge on any atom is -0.379 e. The van der Waals surface area contributed by atoms with E-state index in [9.17, 15) is 0 Å². The van der Waals surface area contributed by atoms with Gasteiger partial charge in [0.1, 0.15) is 12.5 Å². The molecule has 0 aromatic heterocycles. The van der Waals surface area contributed by atoms with E-state index in [0.29, 0.717) is 0 Å². The molecule has 2 atom stereocenters. The van der Waals surface area contributed by atoms with E-state index in [1.165, 1.54) is 0 Å². The van der Waals surface area contributed by atoms with Crippen molar-refractivity contribution >= 4 is 0 Å². The molecule has 0 aromatic carbocycles. The third-order valence-electron chi connectivity index (χ3n) is 0.836. The van der Waals surface area contributed by atoms with Crippen molar-refractivity contribution in [1.29, 1.82) is 0 Å². The van der Waals surface area contributed by atoms with Crippen molar-refractivity contribution in [3.63, 3.8) is 0 Å². The number of hydrogen-bond acceptors (Lipinski definition) is 4. The van der Waals surface area contributed by atoms with E-state index >= 15 is 0 Å². The van der Waals surface area contributed by atoms with Gasteiger partial charge in [0, 0.05) is 17.1 Å². The molecule has 0 saturated heterocycles. The van der Waals surface area contributed by atoms with Crippen LogP contribution in [0.1, 0.15) is 13.8 Å². The number of aliphatic hydroxyl groups is 2. The van der Waals surface area contributed by atoms with Crippen LogP contribution < -0.4 is 10.6 Å². The van der Waals surface area contributed by atoms with E-state index in [4.69, 9.17) is 10.2 Å². The van der Waals surface area contributed by atoms with Crippen LogP contribution in [0.3, 0.4) is 0 Å². The van der Waals surface area contributed by atoms with Gasteiger partial charge < -0.3 is 10.2 Å². The first kappa shape index (κ1) is 17.4. The van der Waals surface area contributed by atoms with Crippen molar-refractivity contribution in [3.05, 3.63) is 0 Å². The smallest absolute Gasteiger partial charge is 0.101 e. The molecule has 5 heteroatoms. The fraction of sp³-hybridized carbons (Fsp3) is 1.00. The summed E-state index contributed by atoms with van der Waals surface area (Å²) in [5.41, 5.74) is 0. The molecule has 0 heterocycles. The van der Waals surface area contributed by atoms with E-state index in [0.717, 1.165) is 0 Å². The molecule has 0 bridgehead atoms. The molecular weight excluding hydrogens is 196 g/mol. The van der Waals surface area contributed by atoms with E-state index in [-0.39, 0.29) is 29.5 Å². The van der Waals surface area contributed by atoms with Gasteiger partial charge in [-0.15, -0.1) is 0 Å². The maximum absolute atomic E-state index is 8.25. The maximum Gasteiger partial charge on any atom is 0.101 e. The minimum absolute atomic E-state index is 0. The Kier molecular flexibility index (Phi) is 20.6. The van der Waals surface area contributed by atoms with E-state index in [1.807, 2.05) is 0 Å². The Balaban J connectivity index is -0.000000107. The van der Waals surface area contributed by atoms with Crippen LogP contribution in [-0.2, 0) is 17.1 Å². The van der Waals surface area contributed by atoms with Crippen molar-refractivity contribution in [2.75, 3.05) is 14.1 Å². The quantitative estimate of drug-likeness (QED) is 0.354. The molecule has 0 amide bonds. The van der Waals surface area contributed by atoms with Gasteiger partial charge in [-0.3, -0.25) is 10.6 Å². The largest absolute Gasteiger partial charge is 0.379 e. The first-order valence-electron chi connectivity index (χ1n) is 3.25. The molecule has 4 nitrogen and oxygen atoms in total. The van der Waals surface area contributed by atoms with Crippen LogP contribution in [0.5, 0.6) is 0 Å². The van der Waals surface area contributed by atoms with Gasteiger partial charge in [-0.05, 0) is 27.9 Å². The second-order valence-corrected chi connectivity index (χ2v) is 1.93. The van der Waals surface area contributed by atoms with Crippen LogP contribution in [0, 0.1) is 0 Å². The molecule has 2 unspecified atom stereocenters. The average molecular weight is 214 g/mol. The summed E-state index contributed by atoms with van der Waals surface area (Å²) < 4.78 is 0. The van der Waals surface area contributed by atoms with Crippen LogP contribution in [0.2, 0.25) is 0 Å². The van der Waals surface area contributed by atoms with E-state index in [2.05, 4.69) is 10.6 Å². The summed E-state index contributed by atoms with van der Waals surface area (Å²) in [5.74, 6) is 0. The molecule has 0 fully saturated rings. The van der Waals surface area contributed by atoms with Gasteiger partial charge in [-0.25, -0.2) is 0 Å². The molecule has 0 aliphatic heterocycles. The third-order valence-corrected chi connectivity index (χ3v) is 0.836. The minimum atomic E-state index is -0.366. The monoisotopic (exact) mass is 213 g/mol. The molecule has 1 radical (unpaired) electrons. The predicted molar refractivity (Wildman–Crippen MR) is 41.5 cm³/mol. The Bertz CT molecular complexity index is 54.5. The normalized spacial score (nSPS) is 13.6. The topological polar surface area (TPSA) is 64.5 Å². The maximum atomic E-state index is 8.25. The first-order chi connectivity index (χ1) is 4.54. The first-order valence-corrected chi connectivity index (χ1v) is 3.25. The molecule has 11 heavy (non-hydrogen) atoms. The summed E-state index contributed by atoms with van der Waals surface area (Å²) in [7, 11) is 3.40. The summed E-state index contributed by atoms with van der Waals surface area (Å²) in [6.45, 7) is 3.33. The van der Waals surface area contributed by atoms with Crippen molar-refractivity contribution in [1.82, 2.24) is 10.6 Å². The third kappa shape index (κ3) is 38.1. The van der Waals surface area contributed by atoms with Crippen LogP contribution in [0.25, 0.3) is 0 Å². The fourth-order valence-electron chi connectivity index (χ4n) is 0. The second-order valence-electron chi connectivity index (χ2n) is 1.93. The Hall–Kier alpha value is 0.359. The molecular formula is C6H18CuN2O2. The van der Waals surface area contributed by atoms with Gasteiger partial charge in [-0.1, -0.05) is 0 Å². The molecule has 0 rings (SSSR count). The number of nitrogens with one attached hydrogen (secondary N) is 2. The van der Waals surface area contributed by atoms with Crippen LogP contribution in [-0.4, -0.2) is 36.8 Å². The number of rotatable bonds is 2. The molecule has 4 N–H and O–H groups in total. The fourth-order valence-corrected chi connectivity index (χ4v) is 0. The molecule has 0 aromatic rings. The van der Waals surface area contributed by atoms with Gasteiger partial charge in [0.15, 0.2) is 0 Å². The summed E-state index contributed by atoms with van der Waals surface area (Å²) in [6, 6.07) is 0. The SMILES string of the molecule is CNC(C)O.CNC(C)O.[Cu]. The summed E-state index contributed by atoms with van der Waals surface area (Å²) in [5, 5.41) is 21.7. The van der Waals surface area contributed by atoms with Crippen LogP contribution in [0.4, 0.5) is 0 Å². The van der Waals surface area contributed by atoms with E-state index < -0.39 is 0 Å². The zero-order valence-electron chi connectivity index (χ0n) is 7.35. The number of aliphatic hydroxyl groups excluding tert-OH is 2. The Morgan fingerprint density at radius 2 is 1.00 bits per heavy atom. The second kappa shape index (κ2) is 13.0. The van der Waals surface area contributed by atoms with Crippen LogP contribution >= 0.6 is 0 Å². The Labute approximate surface area is 78.9 Å². The number of hydrogen-bond donors (Lipinski definition) is 4. The van der Waals surface area contributed by atoms with Gasteiger partial charge in [-0.2, -0.15) is 0 Å². The molecule has 0 saturated carbocycles. The van der Waals surface area contributed by atoms with Gasteiger partial charge in [0.2, 0.25) is 0 Å². The molecule has 75 valence electrons. The van der Waals surface area contributed by atoms with Crippen molar-refractivity contribution in [2.45, 2.75) is 26.3 Å². The molecule has 0 aliphatic rings. The summed E-state index contributed by atoms with van der Waals surface area (Å²) in [6.07, 6.45) is -0.731. The van der Waals surface area contributed by atoms with Gasteiger partial charge >= 0.3 is 0 Å². The molecule has 0 spiro atoms. The Morgan fingerprint density at radius 1 is 0.909 bits per heavy atom.